The maximum atomic E-state index is 12.8. The van der Waals surface area contributed by atoms with E-state index in [0.717, 1.165) is 41.1 Å². The lowest BCUT2D eigenvalue weighted by Crippen LogP contribution is -2.39. The molecule has 3 aromatic rings. The molecular formula is C25H33N5O. The standard InChI is InChI=1S/C25H33N5O/c1-17-9-7-11-21(15-17)23-19(3)28-30-20(4)22(16-27-24(23)30)25(31)26-12-8-14-29-13-6-5-10-18(29)2/h7,9,11,15-16,18H,5-6,8,10,12-14H2,1-4H3,(H,26,31)/t18-/m1/s1. The van der Waals surface area contributed by atoms with Crippen LogP contribution < -0.4 is 5.32 Å². The van der Waals surface area contributed by atoms with Crippen LogP contribution in [0.3, 0.4) is 0 Å². The number of hydrogen-bond acceptors (Lipinski definition) is 4. The molecule has 1 fully saturated rings. The van der Waals surface area contributed by atoms with Crippen molar-refractivity contribution in [2.24, 2.45) is 0 Å². The highest BCUT2D eigenvalue weighted by molar-refractivity contribution is 5.95. The van der Waals surface area contributed by atoms with Crippen LogP contribution in [0.5, 0.6) is 0 Å². The highest BCUT2D eigenvalue weighted by atomic mass is 16.1. The van der Waals surface area contributed by atoms with Crippen LogP contribution in [-0.4, -0.2) is 51.1 Å². The summed E-state index contributed by atoms with van der Waals surface area (Å²) < 4.78 is 1.80. The molecule has 6 heteroatoms. The maximum Gasteiger partial charge on any atom is 0.254 e. The predicted octanol–water partition coefficient (Wildman–Crippen LogP) is 4.32. The van der Waals surface area contributed by atoms with Gasteiger partial charge in [-0.15, -0.1) is 0 Å². The number of aromatic nitrogens is 3. The second kappa shape index (κ2) is 9.18. The topological polar surface area (TPSA) is 62.5 Å². The first-order valence-electron chi connectivity index (χ1n) is 11.4. The number of fused-ring (bicyclic) bond motifs is 1. The van der Waals surface area contributed by atoms with E-state index < -0.39 is 0 Å². The summed E-state index contributed by atoms with van der Waals surface area (Å²) in [5.74, 6) is -0.0798. The van der Waals surface area contributed by atoms with Crippen molar-refractivity contribution >= 4 is 11.6 Å². The number of nitrogens with zero attached hydrogens (tertiary/aromatic N) is 4. The molecule has 1 saturated heterocycles. The Labute approximate surface area is 184 Å². The summed E-state index contributed by atoms with van der Waals surface area (Å²) in [5.41, 5.74) is 6.41. The van der Waals surface area contributed by atoms with Crippen molar-refractivity contribution in [3.8, 4) is 11.1 Å². The highest BCUT2D eigenvalue weighted by Gasteiger charge is 2.20. The summed E-state index contributed by atoms with van der Waals surface area (Å²) in [4.78, 5) is 20.0. The summed E-state index contributed by atoms with van der Waals surface area (Å²) in [5, 5.41) is 7.77. The highest BCUT2D eigenvalue weighted by Crippen LogP contribution is 2.28. The first-order chi connectivity index (χ1) is 15.0. The summed E-state index contributed by atoms with van der Waals surface area (Å²) in [6.07, 6.45) is 6.55. The monoisotopic (exact) mass is 419 g/mol. The zero-order valence-corrected chi connectivity index (χ0v) is 19.1. The molecule has 1 aromatic carbocycles. The number of nitrogens with one attached hydrogen (secondary N) is 1. The summed E-state index contributed by atoms with van der Waals surface area (Å²) in [6.45, 7) is 11.2. The van der Waals surface area contributed by atoms with Gasteiger partial charge in [0.25, 0.3) is 5.91 Å². The van der Waals surface area contributed by atoms with Crippen LogP contribution in [0.15, 0.2) is 30.5 Å². The minimum atomic E-state index is -0.0798. The first kappa shape index (κ1) is 21.5. The van der Waals surface area contributed by atoms with E-state index in [9.17, 15) is 4.79 Å². The van der Waals surface area contributed by atoms with E-state index in [4.69, 9.17) is 5.10 Å². The van der Waals surface area contributed by atoms with Crippen molar-refractivity contribution < 1.29 is 4.79 Å². The lowest BCUT2D eigenvalue weighted by atomic mass is 10.0. The van der Waals surface area contributed by atoms with Gasteiger partial charge in [-0.3, -0.25) is 4.79 Å². The Balaban J connectivity index is 1.47. The van der Waals surface area contributed by atoms with Crippen molar-refractivity contribution in [2.75, 3.05) is 19.6 Å². The number of carbonyl (C=O) groups excluding carboxylic acids is 1. The number of carbonyl (C=O) groups is 1. The molecule has 0 spiro atoms. The number of aryl methyl sites for hydroxylation is 3. The molecule has 1 aliphatic heterocycles. The van der Waals surface area contributed by atoms with Gasteiger partial charge in [-0.05, 0) is 59.1 Å². The average molecular weight is 420 g/mol. The van der Waals surface area contributed by atoms with Gasteiger partial charge in [-0.25, -0.2) is 9.50 Å². The van der Waals surface area contributed by atoms with Crippen LogP contribution in [0, 0.1) is 20.8 Å². The quantitative estimate of drug-likeness (QED) is 0.605. The van der Waals surface area contributed by atoms with E-state index in [-0.39, 0.29) is 5.91 Å². The minimum absolute atomic E-state index is 0.0798. The van der Waals surface area contributed by atoms with Gasteiger partial charge in [-0.1, -0.05) is 36.2 Å². The van der Waals surface area contributed by atoms with Crippen molar-refractivity contribution in [2.45, 2.75) is 59.4 Å². The number of amides is 1. The van der Waals surface area contributed by atoms with Crippen LogP contribution >= 0.6 is 0 Å². The van der Waals surface area contributed by atoms with E-state index >= 15 is 0 Å². The molecular weight excluding hydrogens is 386 g/mol. The van der Waals surface area contributed by atoms with E-state index in [1.54, 1.807) is 10.7 Å². The van der Waals surface area contributed by atoms with Crippen molar-refractivity contribution in [1.82, 2.24) is 24.8 Å². The Morgan fingerprint density at radius 3 is 2.84 bits per heavy atom. The van der Waals surface area contributed by atoms with Crippen LogP contribution in [0.2, 0.25) is 0 Å². The third-order valence-corrected chi connectivity index (χ3v) is 6.46. The molecule has 0 unspecified atom stereocenters. The van der Waals surface area contributed by atoms with Crippen LogP contribution in [-0.2, 0) is 0 Å². The Morgan fingerprint density at radius 2 is 2.06 bits per heavy atom. The first-order valence-corrected chi connectivity index (χ1v) is 11.4. The van der Waals surface area contributed by atoms with Crippen molar-refractivity contribution in [3.63, 3.8) is 0 Å². The third-order valence-electron chi connectivity index (χ3n) is 6.46. The van der Waals surface area contributed by atoms with Gasteiger partial charge in [0, 0.05) is 30.9 Å². The zero-order valence-electron chi connectivity index (χ0n) is 19.1. The van der Waals surface area contributed by atoms with E-state index in [1.165, 1.54) is 31.4 Å². The Bertz CT molecular complexity index is 1090. The van der Waals surface area contributed by atoms with Crippen LogP contribution in [0.25, 0.3) is 16.8 Å². The lowest BCUT2D eigenvalue weighted by molar-refractivity contribution is 0.0947. The molecule has 31 heavy (non-hydrogen) atoms. The average Bonchev–Trinajstić information content (AvgIpc) is 3.09. The fourth-order valence-electron chi connectivity index (χ4n) is 4.63. The number of hydrogen-bond donors (Lipinski definition) is 1. The van der Waals surface area contributed by atoms with Gasteiger partial charge in [0.05, 0.1) is 17.0 Å². The van der Waals surface area contributed by atoms with Gasteiger partial charge in [-0.2, -0.15) is 5.10 Å². The minimum Gasteiger partial charge on any atom is -0.352 e. The molecule has 6 nitrogen and oxygen atoms in total. The summed E-state index contributed by atoms with van der Waals surface area (Å²) >= 11 is 0. The number of benzene rings is 1. The van der Waals surface area contributed by atoms with E-state index in [1.807, 2.05) is 19.9 Å². The SMILES string of the molecule is Cc1cccc(-c2c(C)nn3c(C)c(C(=O)NCCCN4CCCC[C@H]4C)cnc23)c1. The van der Waals surface area contributed by atoms with Crippen LogP contribution in [0.1, 0.15) is 59.9 Å². The van der Waals surface area contributed by atoms with Gasteiger partial charge < -0.3 is 10.2 Å². The molecule has 1 N–H and O–H groups in total. The maximum absolute atomic E-state index is 12.8. The molecule has 1 amide bonds. The molecule has 164 valence electrons. The lowest BCUT2D eigenvalue weighted by Gasteiger charge is -2.33. The van der Waals surface area contributed by atoms with Crippen molar-refractivity contribution in [1.29, 1.82) is 0 Å². The van der Waals surface area contributed by atoms with E-state index in [0.29, 0.717) is 18.2 Å². The fourth-order valence-corrected chi connectivity index (χ4v) is 4.63. The number of likely N-dealkylation sites (tertiary alicyclic amines) is 1. The molecule has 2 aromatic heterocycles. The van der Waals surface area contributed by atoms with Gasteiger partial charge in [0.1, 0.15) is 0 Å². The van der Waals surface area contributed by atoms with Crippen molar-refractivity contribution in [3.05, 3.63) is 53.0 Å². The van der Waals surface area contributed by atoms with Crippen LogP contribution in [0.4, 0.5) is 0 Å². The molecule has 3 heterocycles. The van der Waals surface area contributed by atoms with Gasteiger partial charge >= 0.3 is 0 Å². The summed E-state index contributed by atoms with van der Waals surface area (Å²) in [6, 6.07) is 9.01. The molecule has 0 aliphatic carbocycles. The Kier molecular flexibility index (Phi) is 6.37. The smallest absolute Gasteiger partial charge is 0.254 e. The fraction of sp³-hybridized carbons (Fsp3) is 0.480. The largest absolute Gasteiger partial charge is 0.352 e. The second-order valence-electron chi connectivity index (χ2n) is 8.81. The van der Waals surface area contributed by atoms with Gasteiger partial charge in [0.2, 0.25) is 0 Å². The predicted molar refractivity (Wildman–Crippen MR) is 124 cm³/mol. The summed E-state index contributed by atoms with van der Waals surface area (Å²) in [7, 11) is 0. The molecule has 4 rings (SSSR count). The molecule has 0 radical (unpaired) electrons. The molecule has 0 bridgehead atoms. The van der Waals surface area contributed by atoms with Gasteiger partial charge in [0.15, 0.2) is 5.65 Å². The number of piperidine rings is 1. The molecule has 0 saturated carbocycles. The number of rotatable bonds is 6. The molecule has 1 atom stereocenters. The Hall–Kier alpha value is -2.73. The molecule has 1 aliphatic rings. The van der Waals surface area contributed by atoms with E-state index in [2.05, 4.69) is 47.2 Å². The zero-order chi connectivity index (χ0) is 22.0. The third kappa shape index (κ3) is 4.49. The second-order valence-corrected chi connectivity index (χ2v) is 8.81. The Morgan fingerprint density at radius 1 is 1.23 bits per heavy atom. The normalized spacial score (nSPS) is 17.2.